The fraction of sp³-hybridized carbons (Fsp3) is 0.200. The van der Waals surface area contributed by atoms with Crippen LogP contribution in [0.25, 0.3) is 10.4 Å². The second kappa shape index (κ2) is 4.95. The third-order valence-corrected chi connectivity index (χ3v) is 2.12. The lowest BCUT2D eigenvalue weighted by molar-refractivity contribution is 0.0601. The van der Waals surface area contributed by atoms with E-state index in [0.717, 1.165) is 0 Å². The van der Waals surface area contributed by atoms with E-state index in [9.17, 15) is 9.59 Å². The Hall–Kier alpha value is -2.33. The molecule has 0 N–H and O–H groups in total. The van der Waals surface area contributed by atoms with Crippen molar-refractivity contribution < 1.29 is 14.3 Å². The van der Waals surface area contributed by atoms with Crippen LogP contribution in [0.2, 0.25) is 0 Å². The first kappa shape index (κ1) is 11.7. The Balaban J connectivity index is 3.45. The van der Waals surface area contributed by atoms with E-state index in [-0.39, 0.29) is 11.3 Å². The number of esters is 1. The second-order valence-corrected chi connectivity index (χ2v) is 3.01. The summed E-state index contributed by atoms with van der Waals surface area (Å²) in [4.78, 5) is 24.7. The number of ether oxygens (including phenoxy) is 1. The summed E-state index contributed by atoms with van der Waals surface area (Å²) >= 11 is 0. The molecule has 0 bridgehead atoms. The first-order valence-corrected chi connectivity index (χ1v) is 4.37. The van der Waals surface area contributed by atoms with E-state index in [4.69, 9.17) is 5.53 Å². The molecule has 82 valence electrons. The molecule has 0 aliphatic heterocycles. The van der Waals surface area contributed by atoms with Gasteiger partial charge < -0.3 is 4.74 Å². The van der Waals surface area contributed by atoms with Gasteiger partial charge in [0.2, 0.25) is 0 Å². The minimum Gasteiger partial charge on any atom is -0.465 e. The summed E-state index contributed by atoms with van der Waals surface area (Å²) in [5.74, 6) is -0.586. The van der Waals surface area contributed by atoms with Gasteiger partial charge in [0, 0.05) is 16.2 Å². The number of carbonyl (C=O) groups excluding carboxylic acids is 2. The van der Waals surface area contributed by atoms with E-state index in [2.05, 4.69) is 14.8 Å². The van der Waals surface area contributed by atoms with Crippen LogP contribution < -0.4 is 0 Å². The van der Waals surface area contributed by atoms with Crippen molar-refractivity contribution in [3.05, 3.63) is 39.3 Å². The van der Waals surface area contributed by atoms with E-state index < -0.39 is 5.97 Å². The van der Waals surface area contributed by atoms with E-state index in [1.165, 1.54) is 19.2 Å². The van der Waals surface area contributed by atoms with Crippen molar-refractivity contribution in [2.24, 2.45) is 5.11 Å². The SMILES string of the molecule is COC(=O)c1cc(C=O)c(C)c(N=[N+]=[N-])c1. The molecule has 1 aromatic carbocycles. The van der Waals surface area contributed by atoms with Gasteiger partial charge in [0.25, 0.3) is 0 Å². The molecular weight excluding hydrogens is 210 g/mol. The molecule has 0 atom stereocenters. The number of rotatable bonds is 3. The maximum atomic E-state index is 11.3. The summed E-state index contributed by atoms with van der Waals surface area (Å²) in [6.07, 6.45) is 0.595. The van der Waals surface area contributed by atoms with Crippen molar-refractivity contribution in [3.8, 4) is 0 Å². The van der Waals surface area contributed by atoms with Crippen molar-refractivity contribution in [1.82, 2.24) is 0 Å². The topological polar surface area (TPSA) is 92.1 Å². The van der Waals surface area contributed by atoms with Crippen LogP contribution in [0.3, 0.4) is 0 Å². The fourth-order valence-electron chi connectivity index (χ4n) is 1.23. The lowest BCUT2D eigenvalue weighted by atomic mass is 10.0. The van der Waals surface area contributed by atoms with Crippen molar-refractivity contribution in [1.29, 1.82) is 0 Å². The van der Waals surface area contributed by atoms with Gasteiger partial charge >= 0.3 is 5.97 Å². The number of benzene rings is 1. The van der Waals surface area contributed by atoms with Crippen LogP contribution in [0.5, 0.6) is 0 Å². The summed E-state index contributed by atoms with van der Waals surface area (Å²) in [5, 5.41) is 3.41. The lowest BCUT2D eigenvalue weighted by Gasteiger charge is -2.06. The van der Waals surface area contributed by atoms with Crippen LogP contribution in [0.4, 0.5) is 5.69 Å². The number of hydrogen-bond acceptors (Lipinski definition) is 4. The molecule has 0 saturated heterocycles. The van der Waals surface area contributed by atoms with E-state index in [1.807, 2.05) is 0 Å². The Morgan fingerprint density at radius 1 is 1.56 bits per heavy atom. The molecule has 6 nitrogen and oxygen atoms in total. The summed E-state index contributed by atoms with van der Waals surface area (Å²) in [5.41, 5.74) is 9.59. The predicted octanol–water partition coefficient (Wildman–Crippen LogP) is 2.54. The molecule has 0 spiro atoms. The molecular formula is C10H9N3O3. The third kappa shape index (κ3) is 2.18. The maximum Gasteiger partial charge on any atom is 0.337 e. The number of nitrogens with zero attached hydrogens (tertiary/aromatic N) is 3. The molecule has 0 aromatic heterocycles. The largest absolute Gasteiger partial charge is 0.465 e. The number of hydrogen-bond donors (Lipinski definition) is 0. The summed E-state index contributed by atoms with van der Waals surface area (Å²) < 4.78 is 4.52. The molecule has 16 heavy (non-hydrogen) atoms. The van der Waals surface area contributed by atoms with Gasteiger partial charge in [-0.25, -0.2) is 4.79 Å². The molecule has 0 radical (unpaired) electrons. The van der Waals surface area contributed by atoms with Crippen LogP contribution in [0, 0.1) is 6.92 Å². The molecule has 0 fully saturated rings. The number of aldehydes is 1. The normalized spacial score (nSPS) is 9.12. The molecule has 1 rings (SSSR count). The molecule has 1 aromatic rings. The molecule has 0 heterocycles. The van der Waals surface area contributed by atoms with Crippen LogP contribution >= 0.6 is 0 Å². The van der Waals surface area contributed by atoms with Gasteiger partial charge in [-0.05, 0) is 30.2 Å². The quantitative estimate of drug-likeness (QED) is 0.257. The van der Waals surface area contributed by atoms with Gasteiger partial charge in [-0.15, -0.1) is 0 Å². The minimum absolute atomic E-state index is 0.178. The van der Waals surface area contributed by atoms with E-state index in [0.29, 0.717) is 17.4 Å². The van der Waals surface area contributed by atoms with Crippen LogP contribution in [0.15, 0.2) is 17.2 Å². The number of methoxy groups -OCH3 is 1. The van der Waals surface area contributed by atoms with Gasteiger partial charge in [-0.3, -0.25) is 4.79 Å². The van der Waals surface area contributed by atoms with Crippen LogP contribution in [-0.2, 0) is 4.74 Å². The molecule has 0 aliphatic rings. The Bertz CT molecular complexity index is 490. The predicted molar refractivity (Wildman–Crippen MR) is 56.7 cm³/mol. The first-order chi connectivity index (χ1) is 7.63. The number of carbonyl (C=O) groups is 2. The van der Waals surface area contributed by atoms with Gasteiger partial charge in [0.05, 0.1) is 12.7 Å². The molecule has 6 heteroatoms. The summed E-state index contributed by atoms with van der Waals surface area (Å²) in [6, 6.07) is 2.78. The van der Waals surface area contributed by atoms with Crippen molar-refractivity contribution >= 4 is 17.9 Å². The van der Waals surface area contributed by atoms with Crippen molar-refractivity contribution in [2.75, 3.05) is 7.11 Å². The lowest BCUT2D eigenvalue weighted by Crippen LogP contribution is -2.02. The standard InChI is InChI=1S/C10H9N3O3/c1-6-8(5-14)3-7(10(15)16-2)4-9(6)12-13-11/h3-5H,1-2H3. The van der Waals surface area contributed by atoms with Crippen LogP contribution in [0.1, 0.15) is 26.3 Å². The van der Waals surface area contributed by atoms with Gasteiger partial charge in [0.1, 0.15) is 6.29 Å². The molecule has 0 aliphatic carbocycles. The zero-order chi connectivity index (χ0) is 12.1. The zero-order valence-electron chi connectivity index (χ0n) is 8.80. The molecule has 0 saturated carbocycles. The van der Waals surface area contributed by atoms with Crippen molar-refractivity contribution in [3.63, 3.8) is 0 Å². The summed E-state index contributed by atoms with van der Waals surface area (Å²) in [7, 11) is 1.23. The van der Waals surface area contributed by atoms with Crippen LogP contribution in [-0.4, -0.2) is 19.4 Å². The fourth-order valence-corrected chi connectivity index (χ4v) is 1.23. The molecule has 0 amide bonds. The van der Waals surface area contributed by atoms with Gasteiger partial charge in [0.15, 0.2) is 0 Å². The first-order valence-electron chi connectivity index (χ1n) is 4.37. The molecule has 0 unspecified atom stereocenters. The summed E-state index contributed by atoms with van der Waals surface area (Å²) in [6.45, 7) is 1.63. The third-order valence-electron chi connectivity index (χ3n) is 2.12. The Morgan fingerprint density at radius 3 is 2.75 bits per heavy atom. The van der Waals surface area contributed by atoms with Crippen molar-refractivity contribution in [2.45, 2.75) is 6.92 Å². The Kier molecular flexibility index (Phi) is 3.63. The van der Waals surface area contributed by atoms with E-state index >= 15 is 0 Å². The Labute approximate surface area is 91.5 Å². The highest BCUT2D eigenvalue weighted by Gasteiger charge is 2.11. The average molecular weight is 219 g/mol. The van der Waals surface area contributed by atoms with Gasteiger partial charge in [-0.2, -0.15) is 0 Å². The monoisotopic (exact) mass is 219 g/mol. The Morgan fingerprint density at radius 2 is 2.25 bits per heavy atom. The second-order valence-electron chi connectivity index (χ2n) is 3.01. The maximum absolute atomic E-state index is 11.3. The van der Waals surface area contributed by atoms with Gasteiger partial charge in [-0.1, -0.05) is 5.11 Å². The smallest absolute Gasteiger partial charge is 0.337 e. The number of azide groups is 1. The minimum atomic E-state index is -0.586. The highest BCUT2D eigenvalue weighted by atomic mass is 16.5. The average Bonchev–Trinajstić information content (AvgIpc) is 2.31. The van der Waals surface area contributed by atoms with E-state index in [1.54, 1.807) is 6.92 Å². The highest BCUT2D eigenvalue weighted by Crippen LogP contribution is 2.24. The zero-order valence-corrected chi connectivity index (χ0v) is 8.80. The highest BCUT2D eigenvalue weighted by molar-refractivity contribution is 5.94.